The summed E-state index contributed by atoms with van der Waals surface area (Å²) in [6.45, 7) is 5.79. The van der Waals surface area contributed by atoms with Crippen molar-refractivity contribution in [2.75, 3.05) is 12.3 Å². The second kappa shape index (κ2) is 7.97. The maximum Gasteiger partial charge on any atom is 0.407 e. The van der Waals surface area contributed by atoms with E-state index in [2.05, 4.69) is 0 Å². The molecule has 1 fully saturated rings. The number of hydrogen-bond acceptors (Lipinski definition) is 3. The molecule has 0 unspecified atom stereocenters. The van der Waals surface area contributed by atoms with Crippen molar-refractivity contribution in [3.8, 4) is 0 Å². The second-order valence-electron chi connectivity index (χ2n) is 7.59. The number of halogens is 2. The van der Waals surface area contributed by atoms with Crippen molar-refractivity contribution in [1.29, 1.82) is 0 Å². The van der Waals surface area contributed by atoms with Crippen LogP contribution < -0.4 is 0 Å². The lowest BCUT2D eigenvalue weighted by Crippen LogP contribution is -2.45. The number of carboxylic acid groups (broad SMARTS) is 1. The van der Waals surface area contributed by atoms with Crippen LogP contribution in [0.25, 0.3) is 0 Å². The molecule has 142 valence electrons. The minimum absolute atomic E-state index is 0.00811. The van der Waals surface area contributed by atoms with Gasteiger partial charge in [-0.25, -0.2) is 22.0 Å². The predicted molar refractivity (Wildman–Crippen MR) is 89.3 cm³/mol. The molecule has 0 aromatic carbocycles. The Morgan fingerprint density at radius 1 is 1.17 bits per heavy atom. The van der Waals surface area contributed by atoms with E-state index >= 15 is 0 Å². The van der Waals surface area contributed by atoms with Gasteiger partial charge in [0.15, 0.2) is 9.84 Å². The van der Waals surface area contributed by atoms with Crippen molar-refractivity contribution in [2.24, 2.45) is 0 Å². The zero-order valence-electron chi connectivity index (χ0n) is 14.7. The van der Waals surface area contributed by atoms with Crippen molar-refractivity contribution in [3.63, 3.8) is 0 Å². The van der Waals surface area contributed by atoms with E-state index in [1.54, 1.807) is 0 Å². The van der Waals surface area contributed by atoms with Crippen molar-refractivity contribution >= 4 is 15.9 Å². The third kappa shape index (κ3) is 6.53. The summed E-state index contributed by atoms with van der Waals surface area (Å²) in [5.74, 6) is -2.73. The first-order valence-corrected chi connectivity index (χ1v) is 10.2. The van der Waals surface area contributed by atoms with E-state index in [4.69, 9.17) is 0 Å². The fraction of sp³-hybridized carbons (Fsp3) is 0.938. The molecule has 1 aliphatic carbocycles. The molecule has 0 radical (unpaired) electrons. The van der Waals surface area contributed by atoms with Crippen LogP contribution in [0.15, 0.2) is 0 Å². The molecule has 0 heterocycles. The van der Waals surface area contributed by atoms with Gasteiger partial charge in [0, 0.05) is 24.9 Å². The third-order valence-corrected chi connectivity index (χ3v) is 6.87. The van der Waals surface area contributed by atoms with Crippen LogP contribution in [0.2, 0.25) is 0 Å². The smallest absolute Gasteiger partial charge is 0.407 e. The number of amides is 1. The fourth-order valence-corrected chi connectivity index (χ4v) is 4.90. The highest BCUT2D eigenvalue weighted by atomic mass is 32.2. The molecule has 5 nitrogen and oxygen atoms in total. The van der Waals surface area contributed by atoms with E-state index < -0.39 is 32.6 Å². The largest absolute Gasteiger partial charge is 0.465 e. The topological polar surface area (TPSA) is 74.7 Å². The molecule has 0 aromatic rings. The van der Waals surface area contributed by atoms with E-state index in [0.29, 0.717) is 25.8 Å². The van der Waals surface area contributed by atoms with Gasteiger partial charge < -0.3 is 10.0 Å². The third-order valence-electron chi connectivity index (χ3n) is 4.52. The second-order valence-corrected chi connectivity index (χ2v) is 9.99. The highest BCUT2D eigenvalue weighted by molar-refractivity contribution is 7.92. The molecule has 0 spiro atoms. The van der Waals surface area contributed by atoms with Gasteiger partial charge in [-0.2, -0.15) is 0 Å². The molecule has 0 bridgehead atoms. The van der Waals surface area contributed by atoms with Crippen molar-refractivity contribution in [1.82, 2.24) is 4.90 Å². The van der Waals surface area contributed by atoms with E-state index in [9.17, 15) is 27.1 Å². The van der Waals surface area contributed by atoms with E-state index in [0.717, 1.165) is 0 Å². The summed E-state index contributed by atoms with van der Waals surface area (Å²) in [7, 11) is -3.34. The first kappa shape index (κ1) is 21.1. The van der Waals surface area contributed by atoms with Crippen molar-refractivity contribution < 1.29 is 27.1 Å². The number of hydrogen-bond donors (Lipinski definition) is 1. The Morgan fingerprint density at radius 2 is 1.71 bits per heavy atom. The van der Waals surface area contributed by atoms with Gasteiger partial charge in [0.1, 0.15) is 0 Å². The van der Waals surface area contributed by atoms with E-state index in [1.165, 1.54) is 4.90 Å². The number of nitrogens with zero attached hydrogens (tertiary/aromatic N) is 1. The number of unbranched alkanes of at least 4 members (excludes halogenated alkanes) is 2. The number of alkyl halides is 2. The lowest BCUT2D eigenvalue weighted by molar-refractivity contribution is -0.0328. The van der Waals surface area contributed by atoms with Gasteiger partial charge >= 0.3 is 6.09 Å². The van der Waals surface area contributed by atoms with E-state index in [-0.39, 0.29) is 31.4 Å². The van der Waals surface area contributed by atoms with E-state index in [1.807, 2.05) is 20.8 Å². The summed E-state index contributed by atoms with van der Waals surface area (Å²) in [4.78, 5) is 12.5. The Morgan fingerprint density at radius 3 is 2.17 bits per heavy atom. The number of rotatable bonds is 7. The highest BCUT2D eigenvalue weighted by Gasteiger charge is 2.39. The monoisotopic (exact) mass is 369 g/mol. The van der Waals surface area contributed by atoms with Crippen LogP contribution in [-0.4, -0.2) is 53.5 Å². The summed E-state index contributed by atoms with van der Waals surface area (Å²) >= 11 is 0. The lowest BCUT2D eigenvalue weighted by atomic mass is 9.96. The Hall–Kier alpha value is -0.920. The van der Waals surface area contributed by atoms with Gasteiger partial charge in [-0.15, -0.1) is 0 Å². The summed E-state index contributed by atoms with van der Waals surface area (Å²) in [5.41, 5.74) is -0.495. The molecule has 1 amide bonds. The first-order chi connectivity index (χ1) is 10.9. The number of sulfone groups is 1. The molecule has 0 atom stereocenters. The first-order valence-electron chi connectivity index (χ1n) is 8.45. The molecule has 0 saturated heterocycles. The predicted octanol–water partition coefficient (Wildman–Crippen LogP) is 3.93. The summed E-state index contributed by atoms with van der Waals surface area (Å²) in [5, 5.41) is 8.53. The average molecular weight is 369 g/mol. The lowest BCUT2D eigenvalue weighted by Gasteiger charge is -2.33. The molecule has 1 aliphatic rings. The Kier molecular flexibility index (Phi) is 7.02. The Bertz CT molecular complexity index is 519. The zero-order valence-corrected chi connectivity index (χ0v) is 15.5. The van der Waals surface area contributed by atoms with Crippen LogP contribution in [0, 0.1) is 0 Å². The number of carbonyl (C=O) groups is 1. The molecule has 1 saturated carbocycles. The van der Waals surface area contributed by atoms with Crippen LogP contribution in [0.4, 0.5) is 13.6 Å². The van der Waals surface area contributed by atoms with Crippen LogP contribution >= 0.6 is 0 Å². The molecular formula is C16H29F2NO4S. The minimum atomic E-state index is -3.34. The molecular weight excluding hydrogens is 340 g/mol. The zero-order chi connectivity index (χ0) is 18.6. The van der Waals surface area contributed by atoms with Crippen LogP contribution in [0.3, 0.4) is 0 Å². The fourth-order valence-electron chi connectivity index (χ4n) is 3.01. The van der Waals surface area contributed by atoms with Crippen LogP contribution in [-0.2, 0) is 9.84 Å². The molecule has 8 heteroatoms. The molecule has 0 aromatic heterocycles. The molecule has 1 N–H and O–H groups in total. The maximum absolute atomic E-state index is 13.1. The Balaban J connectivity index is 2.35. The normalized spacial score (nSPS) is 19.2. The standard InChI is InChI=1S/C16H29F2NO4S/c1-15(2,3)19(14(20)21)11-5-4-6-12-24(22,23)13-7-9-16(17,18)10-8-13/h13H,4-12H2,1-3H3,(H,20,21). The quantitative estimate of drug-likeness (QED) is 0.690. The molecule has 24 heavy (non-hydrogen) atoms. The Labute approximate surface area is 143 Å². The van der Waals surface area contributed by atoms with Gasteiger partial charge in [0.2, 0.25) is 5.92 Å². The molecule has 1 rings (SSSR count). The van der Waals surface area contributed by atoms with Gasteiger partial charge in [0.05, 0.1) is 11.0 Å². The van der Waals surface area contributed by atoms with Gasteiger partial charge in [0.25, 0.3) is 0 Å². The van der Waals surface area contributed by atoms with Gasteiger partial charge in [-0.05, 0) is 46.5 Å². The minimum Gasteiger partial charge on any atom is -0.465 e. The van der Waals surface area contributed by atoms with Gasteiger partial charge in [-0.3, -0.25) is 0 Å². The maximum atomic E-state index is 13.1. The summed E-state index contributed by atoms with van der Waals surface area (Å²) in [6, 6.07) is 0. The average Bonchev–Trinajstić information content (AvgIpc) is 2.40. The van der Waals surface area contributed by atoms with Gasteiger partial charge in [-0.1, -0.05) is 6.42 Å². The van der Waals surface area contributed by atoms with Crippen molar-refractivity contribution in [3.05, 3.63) is 0 Å². The SMILES string of the molecule is CC(C)(C)N(CCCCCS(=O)(=O)C1CCC(F)(F)CC1)C(=O)O. The summed E-state index contributed by atoms with van der Waals surface area (Å²) < 4.78 is 50.6. The molecule has 0 aliphatic heterocycles. The highest BCUT2D eigenvalue weighted by Crippen LogP contribution is 2.36. The van der Waals surface area contributed by atoms with Crippen LogP contribution in [0.5, 0.6) is 0 Å². The van der Waals surface area contributed by atoms with Crippen molar-refractivity contribution in [2.45, 2.75) is 82.4 Å². The summed E-state index contributed by atoms with van der Waals surface area (Å²) in [6.07, 6.45) is -0.000597. The van der Waals surface area contributed by atoms with Crippen LogP contribution in [0.1, 0.15) is 65.7 Å².